The average Bonchev–Trinajstić information content (AvgIpc) is 3.09. The monoisotopic (exact) mass is 387 g/mol. The highest BCUT2D eigenvalue weighted by Crippen LogP contribution is 2.34. The number of thiazole rings is 1. The van der Waals surface area contributed by atoms with E-state index in [1.165, 1.54) is 0 Å². The van der Waals surface area contributed by atoms with Gasteiger partial charge in [-0.1, -0.05) is 17.7 Å². The molecule has 134 valence electrons. The van der Waals surface area contributed by atoms with Crippen LogP contribution in [0.5, 0.6) is 0 Å². The standard InChI is InChI=1S/C19H18ClN3O2S/c20-14-2-1-3-15-16(14)26-17(23-15)12-4-6-13(7-5-12)22-18(24)19(21)8-10-25-11-9-19/h1-7H,8-11,21H2,(H,22,24). The molecule has 1 aliphatic rings. The first kappa shape index (κ1) is 17.4. The Balaban J connectivity index is 1.52. The zero-order valence-electron chi connectivity index (χ0n) is 14.0. The second-order valence-electron chi connectivity index (χ2n) is 6.41. The van der Waals surface area contributed by atoms with Crippen LogP contribution < -0.4 is 11.1 Å². The fourth-order valence-corrected chi connectivity index (χ4v) is 4.21. The molecular formula is C19H18ClN3O2S. The molecule has 3 aromatic rings. The van der Waals surface area contributed by atoms with Crippen LogP contribution in [0.1, 0.15) is 12.8 Å². The normalized spacial score (nSPS) is 16.5. The Bertz CT molecular complexity index is 949. The molecule has 5 nitrogen and oxygen atoms in total. The number of carbonyl (C=O) groups excluding carboxylic acids is 1. The fourth-order valence-electron chi connectivity index (χ4n) is 2.95. The summed E-state index contributed by atoms with van der Waals surface area (Å²) in [6.07, 6.45) is 1.06. The van der Waals surface area contributed by atoms with Crippen LogP contribution >= 0.6 is 22.9 Å². The van der Waals surface area contributed by atoms with Crippen molar-refractivity contribution >= 4 is 44.7 Å². The number of ether oxygens (including phenoxy) is 1. The third-order valence-electron chi connectivity index (χ3n) is 4.59. The molecule has 0 unspecified atom stereocenters. The van der Waals surface area contributed by atoms with Gasteiger partial charge in [0, 0.05) is 24.5 Å². The minimum Gasteiger partial charge on any atom is -0.381 e. The van der Waals surface area contributed by atoms with Crippen molar-refractivity contribution < 1.29 is 9.53 Å². The molecule has 4 rings (SSSR count). The lowest BCUT2D eigenvalue weighted by molar-refractivity contribution is -0.124. The number of fused-ring (bicyclic) bond motifs is 1. The Labute approximate surface area is 160 Å². The number of carbonyl (C=O) groups is 1. The molecule has 0 spiro atoms. The zero-order valence-corrected chi connectivity index (χ0v) is 15.6. The molecule has 1 aromatic heterocycles. The lowest BCUT2D eigenvalue weighted by Crippen LogP contribution is -2.54. The number of anilines is 1. The molecule has 7 heteroatoms. The van der Waals surface area contributed by atoms with Gasteiger partial charge >= 0.3 is 0 Å². The van der Waals surface area contributed by atoms with Crippen LogP contribution in [0.25, 0.3) is 20.8 Å². The van der Waals surface area contributed by atoms with E-state index < -0.39 is 5.54 Å². The van der Waals surface area contributed by atoms with Crippen molar-refractivity contribution in [2.75, 3.05) is 18.5 Å². The number of nitrogens with one attached hydrogen (secondary N) is 1. The van der Waals surface area contributed by atoms with Crippen LogP contribution in [-0.2, 0) is 9.53 Å². The van der Waals surface area contributed by atoms with E-state index in [1.807, 2.05) is 42.5 Å². The molecule has 0 radical (unpaired) electrons. The number of benzene rings is 2. The molecule has 1 saturated heterocycles. The molecule has 1 fully saturated rings. The molecule has 26 heavy (non-hydrogen) atoms. The van der Waals surface area contributed by atoms with Crippen molar-refractivity contribution in [2.24, 2.45) is 5.73 Å². The number of amides is 1. The minimum atomic E-state index is -0.860. The maximum Gasteiger partial charge on any atom is 0.244 e. The van der Waals surface area contributed by atoms with Crippen LogP contribution in [-0.4, -0.2) is 29.6 Å². The van der Waals surface area contributed by atoms with Crippen molar-refractivity contribution in [1.29, 1.82) is 0 Å². The second-order valence-corrected chi connectivity index (χ2v) is 7.81. The molecule has 2 heterocycles. The van der Waals surface area contributed by atoms with E-state index in [0.717, 1.165) is 20.8 Å². The summed E-state index contributed by atoms with van der Waals surface area (Å²) in [6.45, 7) is 1.03. The Kier molecular flexibility index (Phi) is 4.67. The molecule has 0 saturated carbocycles. The van der Waals surface area contributed by atoms with Crippen molar-refractivity contribution in [3.05, 3.63) is 47.5 Å². The van der Waals surface area contributed by atoms with E-state index in [-0.39, 0.29) is 5.91 Å². The van der Waals surface area contributed by atoms with Gasteiger partial charge in [-0.25, -0.2) is 4.98 Å². The number of nitrogens with zero attached hydrogens (tertiary/aromatic N) is 1. The van der Waals surface area contributed by atoms with Gasteiger partial charge in [-0.05, 0) is 49.2 Å². The van der Waals surface area contributed by atoms with Gasteiger partial charge in [0.2, 0.25) is 5.91 Å². The maximum absolute atomic E-state index is 12.5. The molecule has 2 aromatic carbocycles. The molecule has 1 amide bonds. The summed E-state index contributed by atoms with van der Waals surface area (Å²) in [5.74, 6) is -0.166. The summed E-state index contributed by atoms with van der Waals surface area (Å²) in [7, 11) is 0. The maximum atomic E-state index is 12.5. The quantitative estimate of drug-likeness (QED) is 0.710. The predicted octanol–water partition coefficient (Wildman–Crippen LogP) is 4.06. The van der Waals surface area contributed by atoms with Gasteiger partial charge in [0.25, 0.3) is 0 Å². The second kappa shape index (κ2) is 6.96. The summed E-state index contributed by atoms with van der Waals surface area (Å²) in [5.41, 5.74) is 7.94. The van der Waals surface area contributed by atoms with Gasteiger partial charge in [0.1, 0.15) is 10.5 Å². The van der Waals surface area contributed by atoms with Gasteiger partial charge in [-0.15, -0.1) is 11.3 Å². The van der Waals surface area contributed by atoms with Gasteiger partial charge in [-0.2, -0.15) is 0 Å². The number of rotatable bonds is 3. The highest BCUT2D eigenvalue weighted by atomic mass is 35.5. The van der Waals surface area contributed by atoms with E-state index in [1.54, 1.807) is 11.3 Å². The summed E-state index contributed by atoms with van der Waals surface area (Å²) in [4.78, 5) is 17.1. The molecule has 0 bridgehead atoms. The van der Waals surface area contributed by atoms with Crippen LogP contribution in [0, 0.1) is 0 Å². The molecule has 1 aliphatic heterocycles. The van der Waals surface area contributed by atoms with Gasteiger partial charge in [0.05, 0.1) is 15.2 Å². The molecule has 0 aliphatic carbocycles. The van der Waals surface area contributed by atoms with Gasteiger partial charge in [-0.3, -0.25) is 4.79 Å². The summed E-state index contributed by atoms with van der Waals surface area (Å²) < 4.78 is 6.27. The van der Waals surface area contributed by atoms with Gasteiger partial charge in [0.15, 0.2) is 0 Å². The van der Waals surface area contributed by atoms with Crippen molar-refractivity contribution in [2.45, 2.75) is 18.4 Å². The van der Waals surface area contributed by atoms with E-state index in [0.29, 0.717) is 36.8 Å². The van der Waals surface area contributed by atoms with Crippen molar-refractivity contribution in [3.8, 4) is 10.6 Å². The first-order chi connectivity index (χ1) is 12.5. The Morgan fingerprint density at radius 1 is 1.19 bits per heavy atom. The number of halogens is 1. The van der Waals surface area contributed by atoms with Crippen molar-refractivity contribution in [1.82, 2.24) is 4.98 Å². The minimum absolute atomic E-state index is 0.166. The summed E-state index contributed by atoms with van der Waals surface area (Å²) >= 11 is 7.78. The van der Waals surface area contributed by atoms with Gasteiger partial charge < -0.3 is 15.8 Å². The van der Waals surface area contributed by atoms with Crippen LogP contribution in [0.4, 0.5) is 5.69 Å². The number of aromatic nitrogens is 1. The largest absolute Gasteiger partial charge is 0.381 e. The van der Waals surface area contributed by atoms with Crippen molar-refractivity contribution in [3.63, 3.8) is 0 Å². The molecular weight excluding hydrogens is 370 g/mol. The van der Waals surface area contributed by atoms with Crippen LogP contribution in [0.15, 0.2) is 42.5 Å². The van der Waals surface area contributed by atoms with E-state index in [4.69, 9.17) is 22.1 Å². The topological polar surface area (TPSA) is 77.2 Å². The van der Waals surface area contributed by atoms with E-state index in [2.05, 4.69) is 10.3 Å². The third kappa shape index (κ3) is 3.33. The highest BCUT2D eigenvalue weighted by molar-refractivity contribution is 7.22. The SMILES string of the molecule is NC1(C(=O)Nc2ccc(-c3nc4cccc(Cl)c4s3)cc2)CCOCC1. The highest BCUT2D eigenvalue weighted by Gasteiger charge is 2.35. The summed E-state index contributed by atoms with van der Waals surface area (Å²) in [5, 5.41) is 4.51. The molecule has 0 atom stereocenters. The molecule has 3 N–H and O–H groups in total. The lowest BCUT2D eigenvalue weighted by Gasteiger charge is -2.31. The number of nitrogens with two attached hydrogens (primary N) is 1. The lowest BCUT2D eigenvalue weighted by atomic mass is 9.90. The van der Waals surface area contributed by atoms with E-state index >= 15 is 0 Å². The smallest absolute Gasteiger partial charge is 0.244 e. The number of hydrogen-bond donors (Lipinski definition) is 2. The first-order valence-electron chi connectivity index (χ1n) is 8.39. The number of hydrogen-bond acceptors (Lipinski definition) is 5. The fraction of sp³-hybridized carbons (Fsp3) is 0.263. The Hall–Kier alpha value is -1.99. The summed E-state index contributed by atoms with van der Waals surface area (Å²) in [6, 6.07) is 13.3. The van der Waals surface area contributed by atoms with E-state index in [9.17, 15) is 4.79 Å². The Morgan fingerprint density at radius 3 is 2.62 bits per heavy atom. The Morgan fingerprint density at radius 2 is 1.92 bits per heavy atom. The third-order valence-corrected chi connectivity index (χ3v) is 6.17. The predicted molar refractivity (Wildman–Crippen MR) is 106 cm³/mol. The average molecular weight is 388 g/mol. The zero-order chi connectivity index (χ0) is 18.1. The van der Waals surface area contributed by atoms with Crippen LogP contribution in [0.3, 0.4) is 0 Å². The first-order valence-corrected chi connectivity index (χ1v) is 9.58. The van der Waals surface area contributed by atoms with Crippen LogP contribution in [0.2, 0.25) is 5.02 Å².